The van der Waals surface area contributed by atoms with E-state index >= 15 is 0 Å². The van der Waals surface area contributed by atoms with Crippen molar-refractivity contribution in [1.29, 1.82) is 0 Å². The van der Waals surface area contributed by atoms with Gasteiger partial charge in [0.15, 0.2) is 11.9 Å². The van der Waals surface area contributed by atoms with Crippen LogP contribution < -0.4 is 10.6 Å². The molecule has 0 heterocycles. The van der Waals surface area contributed by atoms with Crippen molar-refractivity contribution in [3.05, 3.63) is 65.7 Å². The van der Waals surface area contributed by atoms with Gasteiger partial charge in [0, 0.05) is 11.3 Å². The largest absolute Gasteiger partial charge is 0.451 e. The minimum absolute atomic E-state index is 0.124. The molecule has 2 aromatic carbocycles. The van der Waals surface area contributed by atoms with Gasteiger partial charge in [-0.15, -0.1) is 0 Å². The Hall–Kier alpha value is -3.48. The molecule has 0 saturated heterocycles. The third-order valence-electron chi connectivity index (χ3n) is 4.64. The number of amides is 2. The zero-order valence-corrected chi connectivity index (χ0v) is 18.2. The topological polar surface area (TPSA) is 102 Å². The van der Waals surface area contributed by atoms with Gasteiger partial charge in [0.25, 0.3) is 5.91 Å². The SMILES string of the molecule is CC(=O)c1cccc(NC(=O)[C@@H](C)OC(=O)[C@@H](NC(=O)Cc2ccccc2)C(C)C)c1. The summed E-state index contributed by atoms with van der Waals surface area (Å²) >= 11 is 0. The maximum absolute atomic E-state index is 12.6. The quantitative estimate of drug-likeness (QED) is 0.476. The van der Waals surface area contributed by atoms with E-state index in [1.165, 1.54) is 13.8 Å². The molecule has 2 atom stereocenters. The second kappa shape index (κ2) is 11.1. The van der Waals surface area contributed by atoms with Gasteiger partial charge in [-0.2, -0.15) is 0 Å². The van der Waals surface area contributed by atoms with Gasteiger partial charge in [0.1, 0.15) is 6.04 Å². The summed E-state index contributed by atoms with van der Waals surface area (Å²) in [5, 5.41) is 5.32. The Morgan fingerprint density at radius 1 is 0.935 bits per heavy atom. The first-order valence-corrected chi connectivity index (χ1v) is 10.1. The smallest absolute Gasteiger partial charge is 0.329 e. The number of hydrogen-bond donors (Lipinski definition) is 2. The highest BCUT2D eigenvalue weighted by molar-refractivity contribution is 5.98. The van der Waals surface area contributed by atoms with E-state index in [1.54, 1.807) is 38.1 Å². The molecule has 2 rings (SSSR count). The van der Waals surface area contributed by atoms with E-state index in [2.05, 4.69) is 10.6 Å². The van der Waals surface area contributed by atoms with E-state index < -0.39 is 24.0 Å². The highest BCUT2D eigenvalue weighted by Crippen LogP contribution is 2.13. The molecule has 0 bridgehead atoms. The van der Waals surface area contributed by atoms with Gasteiger partial charge in [-0.05, 0) is 37.5 Å². The number of Topliss-reactive ketones (excluding diaryl/α,β-unsaturated/α-hetero) is 1. The molecule has 164 valence electrons. The summed E-state index contributed by atoms with van der Waals surface area (Å²) in [6, 6.07) is 14.8. The number of hydrogen-bond acceptors (Lipinski definition) is 5. The first-order valence-electron chi connectivity index (χ1n) is 10.1. The molecular weight excluding hydrogens is 396 g/mol. The summed E-state index contributed by atoms with van der Waals surface area (Å²) in [6.07, 6.45) is -0.944. The summed E-state index contributed by atoms with van der Waals surface area (Å²) in [5.74, 6) is -1.87. The molecule has 0 aromatic heterocycles. The van der Waals surface area contributed by atoms with Crippen LogP contribution in [0.3, 0.4) is 0 Å². The summed E-state index contributed by atoms with van der Waals surface area (Å²) in [4.78, 5) is 48.9. The molecule has 0 aliphatic carbocycles. The van der Waals surface area contributed by atoms with Gasteiger partial charge in [0.2, 0.25) is 5.91 Å². The second-order valence-corrected chi connectivity index (χ2v) is 7.66. The fourth-order valence-electron chi connectivity index (χ4n) is 2.86. The minimum Gasteiger partial charge on any atom is -0.451 e. The Balaban J connectivity index is 1.96. The van der Waals surface area contributed by atoms with Crippen molar-refractivity contribution in [2.24, 2.45) is 5.92 Å². The molecule has 0 fully saturated rings. The van der Waals surface area contributed by atoms with Crippen molar-refractivity contribution in [1.82, 2.24) is 5.32 Å². The molecule has 7 nitrogen and oxygen atoms in total. The van der Waals surface area contributed by atoms with E-state index in [-0.39, 0.29) is 24.0 Å². The van der Waals surface area contributed by atoms with Crippen LogP contribution in [-0.4, -0.2) is 35.7 Å². The number of esters is 1. The maximum Gasteiger partial charge on any atom is 0.329 e. The molecule has 0 saturated carbocycles. The Morgan fingerprint density at radius 2 is 1.61 bits per heavy atom. The second-order valence-electron chi connectivity index (χ2n) is 7.66. The van der Waals surface area contributed by atoms with Gasteiger partial charge in [-0.1, -0.05) is 56.3 Å². The van der Waals surface area contributed by atoms with Crippen LogP contribution in [0.15, 0.2) is 54.6 Å². The number of carbonyl (C=O) groups is 4. The van der Waals surface area contributed by atoms with E-state index in [0.29, 0.717) is 11.3 Å². The minimum atomic E-state index is -1.08. The Labute approximate surface area is 182 Å². The third-order valence-corrected chi connectivity index (χ3v) is 4.64. The number of nitrogens with one attached hydrogen (secondary N) is 2. The highest BCUT2D eigenvalue weighted by atomic mass is 16.5. The molecule has 2 amide bonds. The van der Waals surface area contributed by atoms with Crippen LogP contribution in [-0.2, 0) is 25.5 Å². The lowest BCUT2D eigenvalue weighted by molar-refractivity contribution is -0.157. The van der Waals surface area contributed by atoms with Gasteiger partial charge in [0.05, 0.1) is 6.42 Å². The molecule has 0 radical (unpaired) electrons. The molecular formula is C24H28N2O5. The van der Waals surface area contributed by atoms with Crippen LogP contribution in [0.1, 0.15) is 43.6 Å². The summed E-state index contributed by atoms with van der Waals surface area (Å²) in [6.45, 7) is 6.45. The summed E-state index contributed by atoms with van der Waals surface area (Å²) in [5.41, 5.74) is 1.72. The molecule has 0 unspecified atom stereocenters. The van der Waals surface area contributed by atoms with Crippen molar-refractivity contribution in [2.75, 3.05) is 5.32 Å². The van der Waals surface area contributed by atoms with Gasteiger partial charge < -0.3 is 15.4 Å². The lowest BCUT2D eigenvalue weighted by atomic mass is 10.0. The Bertz CT molecular complexity index is 940. The fourth-order valence-corrected chi connectivity index (χ4v) is 2.86. The molecule has 31 heavy (non-hydrogen) atoms. The number of ketones is 1. The summed E-state index contributed by atoms with van der Waals surface area (Å²) in [7, 11) is 0. The van der Waals surface area contributed by atoms with E-state index in [0.717, 1.165) is 5.56 Å². The Morgan fingerprint density at radius 3 is 2.23 bits per heavy atom. The van der Waals surface area contributed by atoms with E-state index in [4.69, 9.17) is 4.74 Å². The van der Waals surface area contributed by atoms with E-state index in [9.17, 15) is 19.2 Å². The predicted molar refractivity (Wildman–Crippen MR) is 118 cm³/mol. The van der Waals surface area contributed by atoms with Crippen LogP contribution in [0.25, 0.3) is 0 Å². The van der Waals surface area contributed by atoms with Crippen molar-refractivity contribution < 1.29 is 23.9 Å². The molecule has 2 aromatic rings. The number of anilines is 1. The predicted octanol–water partition coefficient (Wildman–Crippen LogP) is 3.14. The first-order chi connectivity index (χ1) is 14.7. The normalized spacial score (nSPS) is 12.5. The van der Waals surface area contributed by atoms with Crippen LogP contribution >= 0.6 is 0 Å². The lowest BCUT2D eigenvalue weighted by Crippen LogP contribution is -2.47. The van der Waals surface area contributed by atoms with Crippen LogP contribution in [0, 0.1) is 5.92 Å². The zero-order chi connectivity index (χ0) is 23.0. The number of rotatable bonds is 9. The molecule has 0 aliphatic rings. The average Bonchev–Trinajstić information content (AvgIpc) is 2.72. The zero-order valence-electron chi connectivity index (χ0n) is 18.2. The van der Waals surface area contributed by atoms with Crippen molar-refractivity contribution in [2.45, 2.75) is 46.3 Å². The molecule has 0 aliphatic heterocycles. The van der Waals surface area contributed by atoms with Crippen molar-refractivity contribution >= 4 is 29.3 Å². The number of benzene rings is 2. The van der Waals surface area contributed by atoms with Crippen molar-refractivity contribution in [3.63, 3.8) is 0 Å². The van der Waals surface area contributed by atoms with Crippen LogP contribution in [0.4, 0.5) is 5.69 Å². The third kappa shape index (κ3) is 7.37. The maximum atomic E-state index is 12.6. The summed E-state index contributed by atoms with van der Waals surface area (Å²) < 4.78 is 5.30. The van der Waals surface area contributed by atoms with Crippen LogP contribution in [0.5, 0.6) is 0 Å². The number of carbonyl (C=O) groups excluding carboxylic acids is 4. The van der Waals surface area contributed by atoms with Gasteiger partial charge in [-0.3, -0.25) is 14.4 Å². The lowest BCUT2D eigenvalue weighted by Gasteiger charge is -2.23. The Kier molecular flexibility index (Phi) is 8.49. The highest BCUT2D eigenvalue weighted by Gasteiger charge is 2.29. The molecule has 0 spiro atoms. The standard InChI is InChI=1S/C24H28N2O5/c1-15(2)22(26-21(28)13-18-9-6-5-7-10-18)24(30)31-17(4)23(29)25-20-12-8-11-19(14-20)16(3)27/h5-12,14-15,17,22H,13H2,1-4H3,(H,25,29)(H,26,28)/t17-,22+/m1/s1. The average molecular weight is 424 g/mol. The molecule has 2 N–H and O–H groups in total. The van der Waals surface area contributed by atoms with Gasteiger partial charge >= 0.3 is 5.97 Å². The van der Waals surface area contributed by atoms with E-state index in [1.807, 2.05) is 30.3 Å². The fraction of sp³-hybridized carbons (Fsp3) is 0.333. The number of ether oxygens (including phenoxy) is 1. The monoisotopic (exact) mass is 424 g/mol. The molecule has 7 heteroatoms. The van der Waals surface area contributed by atoms with Crippen molar-refractivity contribution in [3.8, 4) is 0 Å². The van der Waals surface area contributed by atoms with Crippen LogP contribution in [0.2, 0.25) is 0 Å². The van der Waals surface area contributed by atoms with Gasteiger partial charge in [-0.25, -0.2) is 4.79 Å². The first kappa shape index (κ1) is 23.8.